The molecular weight excluding hydrogens is 257 g/mol. The Morgan fingerprint density at radius 1 is 1.26 bits per heavy atom. The van der Waals surface area contributed by atoms with Crippen molar-refractivity contribution in [3.8, 4) is 0 Å². The molecule has 0 unspecified atom stereocenters. The van der Waals surface area contributed by atoms with Crippen molar-refractivity contribution in [3.63, 3.8) is 0 Å². The summed E-state index contributed by atoms with van der Waals surface area (Å²) in [4.78, 5) is 11.8. The molecule has 0 saturated heterocycles. The Hall–Kier alpha value is -1.98. The van der Waals surface area contributed by atoms with Crippen molar-refractivity contribution in [2.75, 3.05) is 11.9 Å². The van der Waals surface area contributed by atoms with Gasteiger partial charge >= 0.3 is 6.18 Å². The van der Waals surface area contributed by atoms with E-state index in [1.54, 1.807) is 37.5 Å². The third-order valence-electron chi connectivity index (χ3n) is 2.82. The number of fused-ring (bicyclic) bond motifs is 1. The highest BCUT2D eigenvalue weighted by Gasteiger charge is 2.26. The maximum Gasteiger partial charge on any atom is 0.390 e. The van der Waals surface area contributed by atoms with Crippen LogP contribution >= 0.6 is 0 Å². The molecule has 0 amide bonds. The van der Waals surface area contributed by atoms with Gasteiger partial charge in [0.2, 0.25) is 0 Å². The largest absolute Gasteiger partial charge is 0.390 e. The van der Waals surface area contributed by atoms with Crippen LogP contribution in [0, 0.1) is 0 Å². The number of halogens is 3. The van der Waals surface area contributed by atoms with Crippen LogP contribution in [-0.2, 0) is 7.05 Å². The van der Waals surface area contributed by atoms with Gasteiger partial charge in [0.1, 0.15) is 0 Å². The van der Waals surface area contributed by atoms with Gasteiger partial charge in [-0.3, -0.25) is 4.79 Å². The standard InChI is InChI=1S/C13H13F3N2O/c1-18-7-4-9-8-10(2-3-11(9)12(18)19)17-6-5-13(14,15)16/h2-4,7-8,17H,5-6H2,1H3. The van der Waals surface area contributed by atoms with Gasteiger partial charge in [-0.25, -0.2) is 0 Å². The first-order valence-electron chi connectivity index (χ1n) is 5.77. The van der Waals surface area contributed by atoms with Crippen LogP contribution < -0.4 is 10.9 Å². The van der Waals surface area contributed by atoms with Gasteiger partial charge in [0.15, 0.2) is 0 Å². The van der Waals surface area contributed by atoms with E-state index in [1.807, 2.05) is 0 Å². The fraction of sp³-hybridized carbons (Fsp3) is 0.308. The smallest absolute Gasteiger partial charge is 0.385 e. The molecule has 2 aromatic rings. The molecule has 0 saturated carbocycles. The molecule has 0 aliphatic heterocycles. The van der Waals surface area contributed by atoms with Crippen LogP contribution in [0.15, 0.2) is 35.3 Å². The second kappa shape index (κ2) is 4.95. The Morgan fingerprint density at radius 2 is 2.00 bits per heavy atom. The van der Waals surface area contributed by atoms with Crippen LogP contribution in [0.2, 0.25) is 0 Å². The third kappa shape index (κ3) is 3.27. The molecule has 0 radical (unpaired) electrons. The van der Waals surface area contributed by atoms with Crippen LogP contribution in [0.5, 0.6) is 0 Å². The molecule has 102 valence electrons. The Kier molecular flexibility index (Phi) is 3.50. The number of nitrogens with one attached hydrogen (secondary N) is 1. The minimum Gasteiger partial charge on any atom is -0.385 e. The topological polar surface area (TPSA) is 34.0 Å². The minimum absolute atomic E-state index is 0.126. The number of pyridine rings is 1. The van der Waals surface area contributed by atoms with E-state index in [4.69, 9.17) is 0 Å². The van der Waals surface area contributed by atoms with Crippen LogP contribution in [0.1, 0.15) is 6.42 Å². The predicted octanol–water partition coefficient (Wildman–Crippen LogP) is 2.90. The number of aryl methyl sites for hydroxylation is 1. The number of rotatable bonds is 3. The van der Waals surface area contributed by atoms with Crippen LogP contribution in [0.4, 0.5) is 18.9 Å². The van der Waals surface area contributed by atoms with Gasteiger partial charge in [-0.1, -0.05) is 0 Å². The summed E-state index contributed by atoms with van der Waals surface area (Å²) in [6.07, 6.45) is -3.43. The van der Waals surface area contributed by atoms with Crippen molar-refractivity contribution in [2.45, 2.75) is 12.6 Å². The van der Waals surface area contributed by atoms with Gasteiger partial charge in [-0.15, -0.1) is 0 Å². The Bertz CT molecular complexity index is 646. The van der Waals surface area contributed by atoms with Crippen molar-refractivity contribution in [3.05, 3.63) is 40.8 Å². The Morgan fingerprint density at radius 3 is 2.68 bits per heavy atom. The molecule has 1 N–H and O–H groups in total. The fourth-order valence-electron chi connectivity index (χ4n) is 1.80. The van der Waals surface area contributed by atoms with Gasteiger partial charge < -0.3 is 9.88 Å². The lowest BCUT2D eigenvalue weighted by Gasteiger charge is -2.09. The number of nitrogens with zero attached hydrogens (tertiary/aromatic N) is 1. The molecule has 3 nitrogen and oxygen atoms in total. The summed E-state index contributed by atoms with van der Waals surface area (Å²) in [6, 6.07) is 6.66. The molecule has 1 heterocycles. The van der Waals surface area contributed by atoms with E-state index in [0.29, 0.717) is 16.5 Å². The number of hydrogen-bond donors (Lipinski definition) is 1. The third-order valence-corrected chi connectivity index (χ3v) is 2.82. The molecule has 2 rings (SSSR count). The summed E-state index contributed by atoms with van der Waals surface area (Å²) in [6.45, 7) is -0.181. The molecule has 0 bridgehead atoms. The lowest BCUT2D eigenvalue weighted by atomic mass is 10.1. The summed E-state index contributed by atoms with van der Waals surface area (Å²) in [7, 11) is 1.65. The highest BCUT2D eigenvalue weighted by Crippen LogP contribution is 2.20. The van der Waals surface area contributed by atoms with E-state index in [-0.39, 0.29) is 12.1 Å². The summed E-state index contributed by atoms with van der Waals surface area (Å²) < 4.78 is 37.5. The minimum atomic E-state index is -4.17. The zero-order valence-electron chi connectivity index (χ0n) is 10.3. The van der Waals surface area contributed by atoms with E-state index in [0.717, 1.165) is 0 Å². The Balaban J connectivity index is 2.19. The molecule has 1 aromatic carbocycles. The van der Waals surface area contributed by atoms with Gasteiger partial charge in [0, 0.05) is 30.9 Å². The maximum absolute atomic E-state index is 12.0. The lowest BCUT2D eigenvalue weighted by molar-refractivity contribution is -0.131. The predicted molar refractivity (Wildman–Crippen MR) is 68.4 cm³/mol. The monoisotopic (exact) mass is 270 g/mol. The van der Waals surface area contributed by atoms with E-state index >= 15 is 0 Å². The van der Waals surface area contributed by atoms with E-state index < -0.39 is 12.6 Å². The first-order valence-corrected chi connectivity index (χ1v) is 5.77. The van der Waals surface area contributed by atoms with Gasteiger partial charge in [-0.05, 0) is 29.7 Å². The van der Waals surface area contributed by atoms with E-state index in [1.165, 1.54) is 4.57 Å². The molecule has 19 heavy (non-hydrogen) atoms. The van der Waals surface area contributed by atoms with E-state index in [2.05, 4.69) is 5.32 Å². The van der Waals surface area contributed by atoms with Crippen LogP contribution in [-0.4, -0.2) is 17.3 Å². The molecule has 0 spiro atoms. The van der Waals surface area contributed by atoms with E-state index in [9.17, 15) is 18.0 Å². The van der Waals surface area contributed by atoms with Crippen molar-refractivity contribution in [1.29, 1.82) is 0 Å². The first-order chi connectivity index (χ1) is 8.87. The highest BCUT2D eigenvalue weighted by atomic mass is 19.4. The number of hydrogen-bond acceptors (Lipinski definition) is 2. The SMILES string of the molecule is Cn1ccc2cc(NCCC(F)(F)F)ccc2c1=O. The van der Waals surface area contributed by atoms with Gasteiger partial charge in [0.25, 0.3) is 5.56 Å². The average molecular weight is 270 g/mol. The summed E-state index contributed by atoms with van der Waals surface area (Å²) in [5.41, 5.74) is 0.448. The average Bonchev–Trinajstić information content (AvgIpc) is 2.32. The summed E-state index contributed by atoms with van der Waals surface area (Å²) in [5.74, 6) is 0. The van der Waals surface area contributed by atoms with Crippen LogP contribution in [0.3, 0.4) is 0 Å². The summed E-state index contributed by atoms with van der Waals surface area (Å²) in [5, 5.41) is 3.95. The normalized spacial score (nSPS) is 11.8. The van der Waals surface area contributed by atoms with Crippen molar-refractivity contribution in [2.24, 2.45) is 7.05 Å². The molecule has 6 heteroatoms. The van der Waals surface area contributed by atoms with Gasteiger partial charge in [-0.2, -0.15) is 13.2 Å². The number of aromatic nitrogens is 1. The Labute approximate surface area is 107 Å². The van der Waals surface area contributed by atoms with Crippen molar-refractivity contribution >= 4 is 16.5 Å². The molecule has 0 atom stereocenters. The molecular formula is C13H13F3N2O. The molecule has 1 aromatic heterocycles. The van der Waals surface area contributed by atoms with Crippen molar-refractivity contribution in [1.82, 2.24) is 4.57 Å². The lowest BCUT2D eigenvalue weighted by Crippen LogP contribution is -2.16. The van der Waals surface area contributed by atoms with Crippen molar-refractivity contribution < 1.29 is 13.2 Å². The second-order valence-electron chi connectivity index (χ2n) is 4.33. The number of benzene rings is 1. The highest BCUT2D eigenvalue weighted by molar-refractivity contribution is 5.84. The quantitative estimate of drug-likeness (QED) is 0.930. The molecule has 0 aliphatic rings. The molecule has 0 fully saturated rings. The zero-order valence-corrected chi connectivity index (χ0v) is 10.3. The number of alkyl halides is 3. The summed E-state index contributed by atoms with van der Waals surface area (Å²) >= 11 is 0. The first kappa shape index (κ1) is 13.5. The number of anilines is 1. The second-order valence-corrected chi connectivity index (χ2v) is 4.33. The zero-order chi connectivity index (χ0) is 14.0. The molecule has 0 aliphatic carbocycles. The fourth-order valence-corrected chi connectivity index (χ4v) is 1.80. The maximum atomic E-state index is 12.0. The van der Waals surface area contributed by atoms with Crippen LogP contribution in [0.25, 0.3) is 10.8 Å². The van der Waals surface area contributed by atoms with Gasteiger partial charge in [0.05, 0.1) is 6.42 Å².